The van der Waals surface area contributed by atoms with E-state index < -0.39 is 4.92 Å². The van der Waals surface area contributed by atoms with Crippen molar-refractivity contribution in [2.45, 2.75) is 13.5 Å². The Morgan fingerprint density at radius 3 is 2.65 bits per heavy atom. The first-order chi connectivity index (χ1) is 12.4. The average Bonchev–Trinajstić information content (AvgIpc) is 3.08. The van der Waals surface area contributed by atoms with Gasteiger partial charge in [0, 0.05) is 16.3 Å². The summed E-state index contributed by atoms with van der Waals surface area (Å²) in [6, 6.07) is 12.3. The number of benzene rings is 2. The normalized spacial score (nSPS) is 10.5. The molecule has 1 N–H and O–H groups in total. The molecule has 0 radical (unpaired) electrons. The van der Waals surface area contributed by atoms with Gasteiger partial charge in [-0.1, -0.05) is 29.8 Å². The Balaban J connectivity index is 1.69. The fraction of sp³-hybridized carbons (Fsp3) is 0.111. The summed E-state index contributed by atoms with van der Waals surface area (Å²) in [5.41, 5.74) is 2.78. The van der Waals surface area contributed by atoms with Crippen LogP contribution in [-0.2, 0) is 6.54 Å². The molecule has 0 spiro atoms. The summed E-state index contributed by atoms with van der Waals surface area (Å²) in [5.74, 6) is -0.239. The van der Waals surface area contributed by atoms with E-state index >= 15 is 0 Å². The van der Waals surface area contributed by atoms with Gasteiger partial charge in [0.25, 0.3) is 5.91 Å². The zero-order chi connectivity index (χ0) is 18.7. The number of hydrogen-bond acceptors (Lipinski definition) is 4. The maximum atomic E-state index is 12.4. The third-order valence-corrected chi connectivity index (χ3v) is 4.32. The first-order valence-electron chi connectivity index (χ1n) is 7.76. The van der Waals surface area contributed by atoms with Gasteiger partial charge < -0.3 is 5.32 Å². The van der Waals surface area contributed by atoms with Gasteiger partial charge >= 0.3 is 5.69 Å². The van der Waals surface area contributed by atoms with E-state index in [1.165, 1.54) is 17.1 Å². The highest BCUT2D eigenvalue weighted by atomic mass is 35.5. The molecule has 0 bridgehead atoms. The predicted octanol–water partition coefficient (Wildman–Crippen LogP) is 4.05. The van der Waals surface area contributed by atoms with Crippen molar-refractivity contribution in [1.82, 2.24) is 9.78 Å². The summed E-state index contributed by atoms with van der Waals surface area (Å²) >= 11 is 6.06. The molecule has 0 aliphatic carbocycles. The summed E-state index contributed by atoms with van der Waals surface area (Å²) in [6.45, 7) is 2.22. The Hall–Kier alpha value is -3.19. The van der Waals surface area contributed by atoms with Crippen LogP contribution in [0.2, 0.25) is 5.02 Å². The van der Waals surface area contributed by atoms with Gasteiger partial charge in [0.1, 0.15) is 12.4 Å². The Kier molecular flexibility index (Phi) is 4.99. The zero-order valence-corrected chi connectivity index (χ0v) is 14.6. The van der Waals surface area contributed by atoms with Crippen LogP contribution in [0.25, 0.3) is 0 Å². The number of aromatic nitrogens is 2. The summed E-state index contributed by atoms with van der Waals surface area (Å²) in [4.78, 5) is 22.6. The molecule has 3 rings (SSSR count). The molecular weight excluding hydrogens is 356 g/mol. The van der Waals surface area contributed by atoms with Gasteiger partial charge in [0.15, 0.2) is 0 Å². The molecule has 26 heavy (non-hydrogen) atoms. The Morgan fingerprint density at radius 2 is 2.00 bits per heavy atom. The van der Waals surface area contributed by atoms with Crippen LogP contribution < -0.4 is 5.32 Å². The van der Waals surface area contributed by atoms with E-state index in [1.54, 1.807) is 42.5 Å². The standard InChI is InChI=1S/C18H15ClN4O3/c1-12-16(19)3-2-4-17(12)21-18(24)14-7-5-13(6-8-14)10-22-11-15(9-20-22)23(25)26/h2-9,11H,10H2,1H3,(H,21,24). The second-order valence-electron chi connectivity index (χ2n) is 5.72. The first-order valence-corrected chi connectivity index (χ1v) is 8.14. The zero-order valence-electron chi connectivity index (χ0n) is 13.8. The highest BCUT2D eigenvalue weighted by molar-refractivity contribution is 6.31. The number of carbonyl (C=O) groups is 1. The lowest BCUT2D eigenvalue weighted by Gasteiger charge is -2.10. The molecule has 0 atom stereocenters. The number of nitrogens with zero attached hydrogens (tertiary/aromatic N) is 3. The van der Waals surface area contributed by atoms with E-state index in [9.17, 15) is 14.9 Å². The van der Waals surface area contributed by atoms with Crippen LogP contribution in [0.15, 0.2) is 54.9 Å². The highest BCUT2D eigenvalue weighted by Crippen LogP contribution is 2.23. The lowest BCUT2D eigenvalue weighted by atomic mass is 10.1. The molecule has 1 amide bonds. The monoisotopic (exact) mass is 370 g/mol. The highest BCUT2D eigenvalue weighted by Gasteiger charge is 2.11. The van der Waals surface area contributed by atoms with Crippen molar-refractivity contribution >= 4 is 28.9 Å². The predicted molar refractivity (Wildman–Crippen MR) is 98.6 cm³/mol. The van der Waals surface area contributed by atoms with Gasteiger partial charge in [-0.3, -0.25) is 19.6 Å². The number of hydrogen-bond donors (Lipinski definition) is 1. The molecule has 132 valence electrons. The lowest BCUT2D eigenvalue weighted by molar-refractivity contribution is -0.385. The summed E-state index contributed by atoms with van der Waals surface area (Å²) in [6.07, 6.45) is 2.57. The van der Waals surface area contributed by atoms with Crippen LogP contribution in [0, 0.1) is 17.0 Å². The van der Waals surface area contributed by atoms with E-state index in [4.69, 9.17) is 11.6 Å². The fourth-order valence-electron chi connectivity index (χ4n) is 2.42. The van der Waals surface area contributed by atoms with E-state index in [1.807, 2.05) is 6.92 Å². The van der Waals surface area contributed by atoms with Gasteiger partial charge in [0.2, 0.25) is 0 Å². The number of nitro groups is 1. The summed E-state index contributed by atoms with van der Waals surface area (Å²) < 4.78 is 1.47. The Labute approximate surface area is 154 Å². The van der Waals surface area contributed by atoms with Crippen molar-refractivity contribution < 1.29 is 9.72 Å². The van der Waals surface area contributed by atoms with Crippen LogP contribution in [0.5, 0.6) is 0 Å². The van der Waals surface area contributed by atoms with Crippen molar-refractivity contribution in [3.63, 3.8) is 0 Å². The number of nitrogens with one attached hydrogen (secondary N) is 1. The van der Waals surface area contributed by atoms with Crippen LogP contribution in [0.4, 0.5) is 11.4 Å². The molecule has 0 fully saturated rings. The lowest BCUT2D eigenvalue weighted by Crippen LogP contribution is -2.13. The van der Waals surface area contributed by atoms with E-state index in [-0.39, 0.29) is 11.6 Å². The second kappa shape index (κ2) is 7.37. The van der Waals surface area contributed by atoms with Gasteiger partial charge in [-0.25, -0.2) is 0 Å². The third kappa shape index (κ3) is 3.89. The smallest absolute Gasteiger partial charge is 0.307 e. The van der Waals surface area contributed by atoms with Crippen molar-refractivity contribution in [1.29, 1.82) is 0 Å². The number of carbonyl (C=O) groups excluding carboxylic acids is 1. The molecule has 0 saturated heterocycles. The maximum absolute atomic E-state index is 12.4. The molecule has 0 aliphatic rings. The number of halogens is 1. The van der Waals surface area contributed by atoms with Crippen LogP contribution in [0.3, 0.4) is 0 Å². The fourth-order valence-corrected chi connectivity index (χ4v) is 2.59. The average molecular weight is 371 g/mol. The summed E-state index contributed by atoms with van der Waals surface area (Å²) in [5, 5.41) is 18.1. The molecule has 3 aromatic rings. The largest absolute Gasteiger partial charge is 0.322 e. The minimum atomic E-state index is -0.491. The van der Waals surface area contributed by atoms with Gasteiger partial charge in [-0.2, -0.15) is 5.10 Å². The molecule has 0 aliphatic heterocycles. The van der Waals surface area contributed by atoms with Crippen LogP contribution >= 0.6 is 11.6 Å². The number of rotatable bonds is 5. The maximum Gasteiger partial charge on any atom is 0.307 e. The Bertz CT molecular complexity index is 967. The molecule has 1 heterocycles. The molecule has 7 nitrogen and oxygen atoms in total. The van der Waals surface area contributed by atoms with Crippen LogP contribution in [-0.4, -0.2) is 20.6 Å². The van der Waals surface area contributed by atoms with Crippen molar-refractivity contribution in [2.75, 3.05) is 5.32 Å². The molecule has 0 saturated carbocycles. The summed E-state index contributed by atoms with van der Waals surface area (Å²) in [7, 11) is 0. The van der Waals surface area contributed by atoms with E-state index in [0.717, 1.165) is 11.1 Å². The number of anilines is 1. The topological polar surface area (TPSA) is 90.1 Å². The van der Waals surface area contributed by atoms with Crippen LogP contribution in [0.1, 0.15) is 21.5 Å². The molecular formula is C18H15ClN4O3. The number of amides is 1. The van der Waals surface area contributed by atoms with Crippen molar-refractivity contribution in [2.24, 2.45) is 0 Å². The van der Waals surface area contributed by atoms with E-state index in [2.05, 4.69) is 10.4 Å². The second-order valence-corrected chi connectivity index (χ2v) is 6.12. The first kappa shape index (κ1) is 17.6. The molecule has 8 heteroatoms. The quantitative estimate of drug-likeness (QED) is 0.541. The van der Waals surface area contributed by atoms with Gasteiger partial charge in [0.05, 0.1) is 11.5 Å². The molecule has 2 aromatic carbocycles. The molecule has 1 aromatic heterocycles. The Morgan fingerprint density at radius 1 is 1.27 bits per heavy atom. The van der Waals surface area contributed by atoms with E-state index in [0.29, 0.717) is 22.8 Å². The SMILES string of the molecule is Cc1c(Cl)cccc1NC(=O)c1ccc(Cn2cc([N+](=O)[O-])cn2)cc1. The minimum Gasteiger partial charge on any atom is -0.322 e. The minimum absolute atomic E-state index is 0.0575. The van der Waals surface area contributed by atoms with Crippen molar-refractivity contribution in [3.8, 4) is 0 Å². The third-order valence-electron chi connectivity index (χ3n) is 3.91. The van der Waals surface area contributed by atoms with Gasteiger partial charge in [-0.05, 0) is 42.3 Å². The van der Waals surface area contributed by atoms with Gasteiger partial charge in [-0.15, -0.1) is 0 Å². The molecule has 0 unspecified atom stereocenters. The van der Waals surface area contributed by atoms with Crippen molar-refractivity contribution in [3.05, 3.63) is 86.7 Å².